The fourth-order valence-electron chi connectivity index (χ4n) is 3.59. The molecule has 17 heavy (non-hydrogen) atoms. The maximum absolute atomic E-state index is 12.0. The topological polar surface area (TPSA) is 29.1 Å². The number of carbonyl (C=O) groups is 1. The summed E-state index contributed by atoms with van der Waals surface area (Å²) in [7, 11) is 0. The Labute approximate surface area is 113 Å². The summed E-state index contributed by atoms with van der Waals surface area (Å²) < 4.78 is 0. The first-order chi connectivity index (χ1) is 8.00. The number of rotatable bonds is 5. The van der Waals surface area contributed by atoms with Crippen LogP contribution in [0.1, 0.15) is 52.4 Å². The van der Waals surface area contributed by atoms with E-state index >= 15 is 0 Å². The maximum Gasteiger partial charge on any atom is 0.220 e. The molecule has 0 saturated heterocycles. The maximum atomic E-state index is 12.0. The van der Waals surface area contributed by atoms with Crippen molar-refractivity contribution in [2.45, 2.75) is 57.9 Å². The predicted molar refractivity (Wildman–Crippen MR) is 74.2 cm³/mol. The molecule has 3 unspecified atom stereocenters. The fourth-order valence-corrected chi connectivity index (χ4v) is 4.58. The molecule has 2 saturated carbocycles. The second kappa shape index (κ2) is 5.29. The van der Waals surface area contributed by atoms with Gasteiger partial charge >= 0.3 is 0 Å². The van der Waals surface area contributed by atoms with Crippen LogP contribution in [0.5, 0.6) is 0 Å². The van der Waals surface area contributed by atoms with Crippen molar-refractivity contribution >= 4 is 21.8 Å². The van der Waals surface area contributed by atoms with E-state index in [4.69, 9.17) is 0 Å². The van der Waals surface area contributed by atoms with Gasteiger partial charge in [-0.2, -0.15) is 0 Å². The third-order valence-electron chi connectivity index (χ3n) is 4.53. The highest BCUT2D eigenvalue weighted by Gasteiger charge is 2.40. The molecule has 0 heterocycles. The third kappa shape index (κ3) is 3.46. The van der Waals surface area contributed by atoms with Gasteiger partial charge in [0.05, 0.1) is 0 Å². The van der Waals surface area contributed by atoms with E-state index in [0.717, 1.165) is 30.0 Å². The van der Waals surface area contributed by atoms with E-state index in [2.05, 4.69) is 35.1 Å². The van der Waals surface area contributed by atoms with Crippen LogP contribution < -0.4 is 5.32 Å². The first kappa shape index (κ1) is 13.4. The van der Waals surface area contributed by atoms with Crippen LogP contribution in [0, 0.1) is 17.8 Å². The molecule has 2 nitrogen and oxygen atoms in total. The summed E-state index contributed by atoms with van der Waals surface area (Å²) in [5.41, 5.74) is -0.0712. The van der Waals surface area contributed by atoms with Crippen molar-refractivity contribution in [1.29, 1.82) is 0 Å². The summed E-state index contributed by atoms with van der Waals surface area (Å²) in [6.45, 7) is 4.21. The average molecular weight is 302 g/mol. The molecule has 0 aliphatic heterocycles. The smallest absolute Gasteiger partial charge is 0.220 e. The molecule has 2 aliphatic rings. The highest BCUT2D eigenvalue weighted by Crippen LogP contribution is 2.49. The summed E-state index contributed by atoms with van der Waals surface area (Å²) >= 11 is 3.44. The normalized spacial score (nSPS) is 31.8. The van der Waals surface area contributed by atoms with Crippen LogP contribution in [0.15, 0.2) is 0 Å². The molecule has 2 fully saturated rings. The Hall–Kier alpha value is -0.0500. The largest absolute Gasteiger partial charge is 0.351 e. The molecule has 0 spiro atoms. The van der Waals surface area contributed by atoms with E-state index in [0.29, 0.717) is 5.92 Å². The van der Waals surface area contributed by atoms with Crippen molar-refractivity contribution in [3.05, 3.63) is 0 Å². The first-order valence-electron chi connectivity index (χ1n) is 6.87. The summed E-state index contributed by atoms with van der Waals surface area (Å²) in [5.74, 6) is 2.72. The molecule has 0 aromatic rings. The third-order valence-corrected chi connectivity index (χ3v) is 4.93. The van der Waals surface area contributed by atoms with Crippen LogP contribution >= 0.6 is 15.9 Å². The highest BCUT2D eigenvalue weighted by atomic mass is 79.9. The van der Waals surface area contributed by atoms with Crippen molar-refractivity contribution < 1.29 is 4.79 Å². The second-order valence-corrected chi connectivity index (χ2v) is 7.30. The zero-order valence-electron chi connectivity index (χ0n) is 11.0. The lowest BCUT2D eigenvalue weighted by atomic mass is 9.86. The van der Waals surface area contributed by atoms with Crippen LogP contribution in [-0.2, 0) is 4.79 Å². The lowest BCUT2D eigenvalue weighted by Crippen LogP contribution is -2.44. The standard InChI is InChI=1S/C14H24BrNO/c1-14(2,5-6-15)16-13(17)9-12-8-10-3-4-11(12)7-10/h10-12H,3-9H2,1-2H3,(H,16,17). The molecular weight excluding hydrogens is 278 g/mol. The summed E-state index contributed by atoms with van der Waals surface area (Å²) in [6.07, 6.45) is 7.22. The van der Waals surface area contributed by atoms with Crippen LogP contribution in [0.3, 0.4) is 0 Å². The second-order valence-electron chi connectivity index (χ2n) is 6.51. The number of halogens is 1. The zero-order chi connectivity index (χ0) is 12.5. The van der Waals surface area contributed by atoms with E-state index in [-0.39, 0.29) is 11.4 Å². The van der Waals surface area contributed by atoms with Gasteiger partial charge in [0.1, 0.15) is 0 Å². The average Bonchev–Trinajstić information content (AvgIpc) is 2.77. The molecule has 1 amide bonds. The van der Waals surface area contributed by atoms with Gasteiger partial charge < -0.3 is 5.32 Å². The van der Waals surface area contributed by atoms with E-state index in [9.17, 15) is 4.79 Å². The minimum atomic E-state index is -0.0712. The van der Waals surface area contributed by atoms with E-state index < -0.39 is 0 Å². The molecule has 1 N–H and O–H groups in total. The summed E-state index contributed by atoms with van der Waals surface area (Å²) in [4.78, 5) is 12.0. The van der Waals surface area contributed by atoms with Gasteiger partial charge in [0.2, 0.25) is 5.91 Å². The van der Waals surface area contributed by atoms with E-state index in [1.54, 1.807) is 0 Å². The molecule has 2 bridgehead atoms. The molecule has 98 valence electrons. The Kier molecular flexibility index (Phi) is 4.17. The van der Waals surface area contributed by atoms with Gasteiger partial charge in [-0.1, -0.05) is 22.4 Å². The Bertz CT molecular complexity index is 290. The van der Waals surface area contributed by atoms with Crippen molar-refractivity contribution in [1.82, 2.24) is 5.32 Å². The molecule has 0 radical (unpaired) electrons. The molecule has 3 atom stereocenters. The van der Waals surface area contributed by atoms with E-state index in [1.165, 1.54) is 25.7 Å². The van der Waals surface area contributed by atoms with Crippen LogP contribution in [0.25, 0.3) is 0 Å². The molecule has 0 aromatic heterocycles. The lowest BCUT2D eigenvalue weighted by molar-refractivity contribution is -0.124. The van der Waals surface area contributed by atoms with Crippen LogP contribution in [0.2, 0.25) is 0 Å². The summed E-state index contributed by atoms with van der Waals surface area (Å²) in [5, 5.41) is 4.11. The number of carbonyl (C=O) groups excluding carboxylic acids is 1. The van der Waals surface area contributed by atoms with E-state index in [1.807, 2.05) is 0 Å². The Morgan fingerprint density at radius 2 is 2.12 bits per heavy atom. The van der Waals surface area contributed by atoms with Gasteiger partial charge in [-0.3, -0.25) is 4.79 Å². The van der Waals surface area contributed by atoms with Gasteiger partial charge in [-0.15, -0.1) is 0 Å². The number of nitrogens with one attached hydrogen (secondary N) is 1. The molecule has 3 heteroatoms. The Balaban J connectivity index is 1.78. The molecular formula is C14H24BrNO. The number of fused-ring (bicyclic) bond motifs is 2. The van der Waals surface area contributed by atoms with Crippen molar-refractivity contribution in [2.24, 2.45) is 17.8 Å². The number of hydrogen-bond donors (Lipinski definition) is 1. The first-order valence-corrected chi connectivity index (χ1v) is 7.99. The minimum absolute atomic E-state index is 0.0712. The highest BCUT2D eigenvalue weighted by molar-refractivity contribution is 9.09. The minimum Gasteiger partial charge on any atom is -0.351 e. The monoisotopic (exact) mass is 301 g/mol. The Morgan fingerprint density at radius 1 is 1.35 bits per heavy atom. The van der Waals surface area contributed by atoms with Gasteiger partial charge in [-0.25, -0.2) is 0 Å². The Morgan fingerprint density at radius 3 is 2.65 bits per heavy atom. The van der Waals surface area contributed by atoms with Gasteiger partial charge in [0.15, 0.2) is 0 Å². The van der Waals surface area contributed by atoms with Crippen molar-refractivity contribution in [2.75, 3.05) is 5.33 Å². The molecule has 2 rings (SSSR count). The zero-order valence-corrected chi connectivity index (χ0v) is 12.6. The molecule has 0 aromatic carbocycles. The van der Waals surface area contributed by atoms with Crippen molar-refractivity contribution in [3.8, 4) is 0 Å². The van der Waals surface area contributed by atoms with Gasteiger partial charge in [0.25, 0.3) is 0 Å². The van der Waals surface area contributed by atoms with Crippen molar-refractivity contribution in [3.63, 3.8) is 0 Å². The van der Waals surface area contributed by atoms with Gasteiger partial charge in [0, 0.05) is 17.3 Å². The quantitative estimate of drug-likeness (QED) is 0.774. The predicted octanol–water partition coefficient (Wildman–Crippen LogP) is 3.49. The summed E-state index contributed by atoms with van der Waals surface area (Å²) in [6, 6.07) is 0. The van der Waals surface area contributed by atoms with Crippen LogP contribution in [0.4, 0.5) is 0 Å². The fraction of sp³-hybridized carbons (Fsp3) is 0.929. The molecule has 2 aliphatic carbocycles. The SMILES string of the molecule is CC(C)(CCBr)NC(=O)CC1CC2CCC1C2. The van der Waals surface area contributed by atoms with Crippen LogP contribution in [-0.4, -0.2) is 16.8 Å². The van der Waals surface area contributed by atoms with Gasteiger partial charge in [-0.05, 0) is 57.3 Å². The number of amides is 1. The number of alkyl halides is 1. The lowest BCUT2D eigenvalue weighted by Gasteiger charge is -2.28. The number of hydrogen-bond acceptors (Lipinski definition) is 1.